The first kappa shape index (κ1) is 13.3. The predicted octanol–water partition coefficient (Wildman–Crippen LogP) is 1.43. The van der Waals surface area contributed by atoms with Crippen LogP contribution in [-0.2, 0) is 10.8 Å². The summed E-state index contributed by atoms with van der Waals surface area (Å²) >= 11 is 0. The Bertz CT molecular complexity index is 460. The zero-order chi connectivity index (χ0) is 13.1. The Labute approximate surface area is 110 Å². The Morgan fingerprint density at radius 3 is 2.78 bits per heavy atom. The van der Waals surface area contributed by atoms with E-state index in [2.05, 4.69) is 15.3 Å². The average molecular weight is 268 g/mol. The fourth-order valence-corrected chi connectivity index (χ4v) is 2.29. The molecule has 3 N–H and O–H groups in total. The van der Waals surface area contributed by atoms with Gasteiger partial charge in [0.2, 0.25) is 0 Å². The standard InChI is InChI=1S/C12H20N4OS/c1-3-18(17)7-6-14-11-8(2)10(13)15-12(16-11)9-4-5-9/h9H,3-7H2,1-2H3,(H3,13,14,15,16). The highest BCUT2D eigenvalue weighted by Crippen LogP contribution is 2.39. The van der Waals surface area contributed by atoms with E-state index in [1.54, 1.807) is 0 Å². The smallest absolute Gasteiger partial charge is 0.136 e. The molecule has 0 bridgehead atoms. The molecule has 1 aliphatic carbocycles. The molecule has 6 heteroatoms. The van der Waals surface area contributed by atoms with Crippen LogP contribution in [0.3, 0.4) is 0 Å². The van der Waals surface area contributed by atoms with Crippen molar-refractivity contribution in [3.8, 4) is 0 Å². The monoisotopic (exact) mass is 268 g/mol. The highest BCUT2D eigenvalue weighted by atomic mass is 32.2. The minimum atomic E-state index is -0.752. The molecular formula is C12H20N4OS. The van der Waals surface area contributed by atoms with Gasteiger partial charge in [-0.25, -0.2) is 9.97 Å². The highest BCUT2D eigenvalue weighted by Gasteiger charge is 2.27. The Kier molecular flexibility index (Phi) is 4.16. The lowest BCUT2D eigenvalue weighted by molar-refractivity contribution is 0.684. The summed E-state index contributed by atoms with van der Waals surface area (Å²) in [5, 5.41) is 3.22. The molecule has 0 saturated heterocycles. The van der Waals surface area contributed by atoms with E-state index in [0.717, 1.165) is 30.0 Å². The predicted molar refractivity (Wildman–Crippen MR) is 75.2 cm³/mol. The molecule has 2 rings (SSSR count). The number of nitrogens with one attached hydrogen (secondary N) is 1. The number of rotatable bonds is 6. The lowest BCUT2D eigenvalue weighted by atomic mass is 10.3. The van der Waals surface area contributed by atoms with Crippen molar-refractivity contribution in [3.63, 3.8) is 0 Å². The molecule has 1 saturated carbocycles. The number of anilines is 2. The molecule has 100 valence electrons. The van der Waals surface area contributed by atoms with Crippen molar-refractivity contribution in [2.24, 2.45) is 0 Å². The topological polar surface area (TPSA) is 80.9 Å². The summed E-state index contributed by atoms with van der Waals surface area (Å²) in [5.74, 6) is 4.00. The van der Waals surface area contributed by atoms with Gasteiger partial charge in [-0.15, -0.1) is 0 Å². The second kappa shape index (κ2) is 5.65. The summed E-state index contributed by atoms with van der Waals surface area (Å²) in [6.07, 6.45) is 2.31. The van der Waals surface area contributed by atoms with Gasteiger partial charge in [0.1, 0.15) is 17.5 Å². The van der Waals surface area contributed by atoms with Crippen LogP contribution in [0.15, 0.2) is 0 Å². The summed E-state index contributed by atoms with van der Waals surface area (Å²) in [6.45, 7) is 4.49. The minimum Gasteiger partial charge on any atom is -0.383 e. The highest BCUT2D eigenvalue weighted by molar-refractivity contribution is 7.84. The number of nitrogen functional groups attached to an aromatic ring is 1. The van der Waals surface area contributed by atoms with Crippen molar-refractivity contribution in [1.29, 1.82) is 0 Å². The number of nitrogens with zero attached hydrogens (tertiary/aromatic N) is 2. The molecule has 1 unspecified atom stereocenters. The van der Waals surface area contributed by atoms with Crippen LogP contribution in [0.5, 0.6) is 0 Å². The number of hydrogen-bond donors (Lipinski definition) is 2. The van der Waals surface area contributed by atoms with Gasteiger partial charge in [-0.05, 0) is 19.8 Å². The van der Waals surface area contributed by atoms with Crippen molar-refractivity contribution in [3.05, 3.63) is 11.4 Å². The van der Waals surface area contributed by atoms with Crippen LogP contribution in [0.4, 0.5) is 11.6 Å². The van der Waals surface area contributed by atoms with E-state index in [1.165, 1.54) is 0 Å². The fraction of sp³-hybridized carbons (Fsp3) is 0.667. The van der Waals surface area contributed by atoms with Gasteiger partial charge >= 0.3 is 0 Å². The van der Waals surface area contributed by atoms with Gasteiger partial charge in [0.25, 0.3) is 0 Å². The van der Waals surface area contributed by atoms with E-state index in [0.29, 0.717) is 29.8 Å². The van der Waals surface area contributed by atoms with Crippen molar-refractivity contribution in [2.45, 2.75) is 32.6 Å². The summed E-state index contributed by atoms with van der Waals surface area (Å²) in [7, 11) is -0.752. The minimum absolute atomic E-state index is 0.484. The van der Waals surface area contributed by atoms with Crippen LogP contribution in [0.25, 0.3) is 0 Å². The largest absolute Gasteiger partial charge is 0.383 e. The summed E-state index contributed by atoms with van der Waals surface area (Å²) in [4.78, 5) is 8.84. The van der Waals surface area contributed by atoms with Gasteiger partial charge in [0.05, 0.1) is 0 Å². The van der Waals surface area contributed by atoms with Crippen LogP contribution < -0.4 is 11.1 Å². The second-order valence-corrected chi connectivity index (χ2v) is 6.44. The van der Waals surface area contributed by atoms with Crippen LogP contribution in [0.1, 0.15) is 37.1 Å². The van der Waals surface area contributed by atoms with Gasteiger partial charge in [0.15, 0.2) is 0 Å². The maximum absolute atomic E-state index is 11.4. The molecule has 1 aliphatic rings. The van der Waals surface area contributed by atoms with E-state index >= 15 is 0 Å². The zero-order valence-electron chi connectivity index (χ0n) is 10.9. The molecule has 0 spiro atoms. The molecule has 1 heterocycles. The van der Waals surface area contributed by atoms with Gasteiger partial charge in [-0.3, -0.25) is 4.21 Å². The van der Waals surface area contributed by atoms with E-state index in [-0.39, 0.29) is 0 Å². The molecule has 0 amide bonds. The summed E-state index contributed by atoms with van der Waals surface area (Å²) in [5.41, 5.74) is 6.77. The average Bonchev–Trinajstić information content (AvgIpc) is 3.18. The van der Waals surface area contributed by atoms with Crippen LogP contribution in [-0.4, -0.2) is 32.2 Å². The molecule has 0 aromatic carbocycles. The SMILES string of the molecule is CCS(=O)CCNc1nc(C2CC2)nc(N)c1C. The van der Waals surface area contributed by atoms with Crippen molar-refractivity contribution in [2.75, 3.05) is 29.1 Å². The normalized spacial score (nSPS) is 16.6. The van der Waals surface area contributed by atoms with Gasteiger partial charge in [-0.1, -0.05) is 6.92 Å². The van der Waals surface area contributed by atoms with E-state index < -0.39 is 10.8 Å². The van der Waals surface area contributed by atoms with E-state index in [1.807, 2.05) is 13.8 Å². The molecule has 1 aromatic heterocycles. The molecule has 1 fully saturated rings. The van der Waals surface area contributed by atoms with Crippen LogP contribution in [0.2, 0.25) is 0 Å². The van der Waals surface area contributed by atoms with Crippen molar-refractivity contribution < 1.29 is 4.21 Å². The Morgan fingerprint density at radius 1 is 1.44 bits per heavy atom. The first-order chi connectivity index (χ1) is 8.61. The first-order valence-corrected chi connectivity index (χ1v) is 7.83. The van der Waals surface area contributed by atoms with Crippen molar-refractivity contribution in [1.82, 2.24) is 9.97 Å². The quantitative estimate of drug-likeness (QED) is 0.815. The Balaban J connectivity index is 2.04. The maximum Gasteiger partial charge on any atom is 0.136 e. The summed E-state index contributed by atoms with van der Waals surface area (Å²) < 4.78 is 11.4. The van der Waals surface area contributed by atoms with Gasteiger partial charge in [-0.2, -0.15) is 0 Å². The third-order valence-corrected chi connectivity index (χ3v) is 4.39. The van der Waals surface area contributed by atoms with Crippen molar-refractivity contribution >= 4 is 22.4 Å². The van der Waals surface area contributed by atoms with E-state index in [4.69, 9.17) is 5.73 Å². The third-order valence-electron chi connectivity index (χ3n) is 3.09. The van der Waals surface area contributed by atoms with Gasteiger partial charge < -0.3 is 11.1 Å². The number of hydrogen-bond acceptors (Lipinski definition) is 5. The van der Waals surface area contributed by atoms with Crippen LogP contribution >= 0.6 is 0 Å². The second-order valence-electron chi connectivity index (χ2n) is 4.57. The Morgan fingerprint density at radius 2 is 2.17 bits per heavy atom. The third kappa shape index (κ3) is 3.19. The lowest BCUT2D eigenvalue weighted by Crippen LogP contribution is -2.15. The zero-order valence-corrected chi connectivity index (χ0v) is 11.7. The Hall–Kier alpha value is -1.17. The number of aromatic nitrogens is 2. The molecule has 1 aromatic rings. The first-order valence-electron chi connectivity index (χ1n) is 6.34. The molecule has 18 heavy (non-hydrogen) atoms. The molecule has 0 aliphatic heterocycles. The molecule has 5 nitrogen and oxygen atoms in total. The molecule has 0 radical (unpaired) electrons. The van der Waals surface area contributed by atoms with Gasteiger partial charge in [0, 0.05) is 40.3 Å². The maximum atomic E-state index is 11.4. The fourth-order valence-electron chi connectivity index (χ4n) is 1.68. The molecular weight excluding hydrogens is 248 g/mol. The number of nitrogens with two attached hydrogens (primary N) is 1. The lowest BCUT2D eigenvalue weighted by Gasteiger charge is -2.11. The van der Waals surface area contributed by atoms with E-state index in [9.17, 15) is 4.21 Å². The molecule has 1 atom stereocenters. The summed E-state index contributed by atoms with van der Waals surface area (Å²) in [6, 6.07) is 0. The van der Waals surface area contributed by atoms with Crippen LogP contribution in [0, 0.1) is 6.92 Å².